The van der Waals surface area contributed by atoms with Crippen LogP contribution in [0.3, 0.4) is 0 Å². The number of aliphatic imine (C=N–C) groups is 1. The van der Waals surface area contributed by atoms with Crippen molar-refractivity contribution in [3.63, 3.8) is 0 Å². The number of hydrogen-bond acceptors (Lipinski definition) is 6. The summed E-state index contributed by atoms with van der Waals surface area (Å²) in [6.07, 6.45) is 1.95. The predicted octanol–water partition coefficient (Wildman–Crippen LogP) is 4.46. The van der Waals surface area contributed by atoms with E-state index >= 15 is 0 Å². The monoisotopic (exact) mass is 405 g/mol. The Morgan fingerprint density at radius 1 is 1.21 bits per heavy atom. The first-order valence-corrected chi connectivity index (χ1v) is 9.78. The number of allylic oxidation sites excluding steroid dienone is 1. The standard InChI is InChI=1S/C22H19N3O3S/c1-13-17(16-6-4-5-7-18(16)23-13)12-19-20(26)25(2)22(29-19)24-15-10-8-14(9-11-15)21(27)28-3/h4-12,26H,1-3H3. The van der Waals surface area contributed by atoms with Crippen LogP contribution < -0.4 is 4.80 Å². The highest BCUT2D eigenvalue weighted by atomic mass is 32.1. The number of esters is 1. The highest BCUT2D eigenvalue weighted by Gasteiger charge is 2.19. The van der Waals surface area contributed by atoms with Crippen molar-refractivity contribution < 1.29 is 14.6 Å². The fraction of sp³-hybridized carbons (Fsp3) is 0.136. The van der Waals surface area contributed by atoms with Gasteiger partial charge in [-0.15, -0.1) is 0 Å². The number of ether oxygens (including phenoxy) is 1. The second-order valence-electron chi connectivity index (χ2n) is 6.55. The van der Waals surface area contributed by atoms with Gasteiger partial charge in [0.2, 0.25) is 5.88 Å². The zero-order valence-electron chi connectivity index (χ0n) is 16.2. The van der Waals surface area contributed by atoms with Crippen LogP contribution >= 0.6 is 11.3 Å². The van der Waals surface area contributed by atoms with Crippen molar-refractivity contribution in [3.8, 4) is 5.88 Å². The quantitative estimate of drug-likeness (QED) is 0.654. The molecule has 3 aromatic rings. The molecule has 0 atom stereocenters. The van der Waals surface area contributed by atoms with E-state index in [-0.39, 0.29) is 5.88 Å². The maximum atomic E-state index is 11.6. The summed E-state index contributed by atoms with van der Waals surface area (Å²) in [7, 11) is 3.11. The number of benzene rings is 2. The summed E-state index contributed by atoms with van der Waals surface area (Å²) in [5, 5.41) is 10.6. The zero-order valence-corrected chi connectivity index (χ0v) is 17.0. The van der Waals surface area contributed by atoms with Crippen molar-refractivity contribution in [1.29, 1.82) is 0 Å². The van der Waals surface area contributed by atoms with Crippen molar-refractivity contribution in [3.05, 3.63) is 69.3 Å². The highest BCUT2D eigenvalue weighted by Crippen LogP contribution is 2.37. The molecule has 0 fully saturated rings. The smallest absolute Gasteiger partial charge is 0.337 e. The minimum Gasteiger partial charge on any atom is -0.493 e. The second kappa shape index (κ2) is 7.52. The van der Waals surface area contributed by atoms with Gasteiger partial charge in [0.05, 0.1) is 28.9 Å². The number of hydrogen-bond donors (Lipinski definition) is 1. The average molecular weight is 405 g/mol. The van der Waals surface area contributed by atoms with Gasteiger partial charge in [0, 0.05) is 23.9 Å². The number of fused-ring (bicyclic) bond motifs is 1. The molecule has 1 aliphatic heterocycles. The molecule has 1 aliphatic rings. The number of rotatable bonds is 3. The first-order chi connectivity index (χ1) is 14.0. The number of methoxy groups -OCH3 is 1. The third kappa shape index (κ3) is 3.52. The summed E-state index contributed by atoms with van der Waals surface area (Å²) >= 11 is 1.38. The molecule has 0 saturated heterocycles. The number of nitrogens with zero attached hydrogens (tertiary/aromatic N) is 3. The number of carbonyl (C=O) groups is 1. The normalized spacial score (nSPS) is 14.8. The van der Waals surface area contributed by atoms with Crippen LogP contribution in [0.25, 0.3) is 11.6 Å². The summed E-state index contributed by atoms with van der Waals surface area (Å²) in [6.45, 7) is 1.96. The summed E-state index contributed by atoms with van der Waals surface area (Å²) in [5.74, 6) is -0.247. The Morgan fingerprint density at radius 2 is 1.93 bits per heavy atom. The van der Waals surface area contributed by atoms with Gasteiger partial charge in [-0.1, -0.05) is 29.5 Å². The van der Waals surface area contributed by atoms with E-state index in [1.54, 1.807) is 35.9 Å². The van der Waals surface area contributed by atoms with Crippen LogP contribution in [0.5, 0.6) is 5.88 Å². The van der Waals surface area contributed by atoms with Gasteiger partial charge in [-0.05, 0) is 43.3 Å². The van der Waals surface area contributed by atoms with Crippen molar-refractivity contribution in [2.24, 2.45) is 17.0 Å². The minimum absolute atomic E-state index is 0.143. The summed E-state index contributed by atoms with van der Waals surface area (Å²) < 4.78 is 6.35. The fourth-order valence-corrected chi connectivity index (χ4v) is 4.08. The van der Waals surface area contributed by atoms with E-state index in [0.717, 1.165) is 22.5 Å². The van der Waals surface area contributed by atoms with Crippen LogP contribution in [-0.2, 0) is 11.8 Å². The Labute approximate surface area is 171 Å². The van der Waals surface area contributed by atoms with Crippen LogP contribution in [0, 0.1) is 0 Å². The minimum atomic E-state index is -0.390. The predicted molar refractivity (Wildman–Crippen MR) is 115 cm³/mol. The van der Waals surface area contributed by atoms with Gasteiger partial charge in [-0.3, -0.25) is 9.56 Å². The lowest BCUT2D eigenvalue weighted by Crippen LogP contribution is -2.08. The number of aromatic nitrogens is 1. The van der Waals surface area contributed by atoms with E-state index in [4.69, 9.17) is 4.74 Å². The molecule has 0 amide bonds. The van der Waals surface area contributed by atoms with E-state index in [9.17, 15) is 9.90 Å². The van der Waals surface area contributed by atoms with Crippen molar-refractivity contribution in [1.82, 2.24) is 4.57 Å². The Morgan fingerprint density at radius 3 is 2.66 bits per heavy atom. The molecule has 0 bridgehead atoms. The average Bonchev–Trinajstić information content (AvgIpc) is 3.19. The molecule has 7 heteroatoms. The molecule has 0 saturated carbocycles. The van der Waals surface area contributed by atoms with E-state index in [1.807, 2.05) is 37.3 Å². The Balaban J connectivity index is 1.73. The summed E-state index contributed by atoms with van der Waals surface area (Å²) in [5.41, 5.74) is 5.04. The molecule has 1 N–H and O–H groups in total. The SMILES string of the molecule is COC(=O)c1ccc(N=c2sc(C=C3C(C)=Nc4ccccc43)c(O)n2C)cc1. The first kappa shape index (κ1) is 18.9. The number of carbonyl (C=O) groups excluding carboxylic acids is 1. The number of para-hydroxylation sites is 1. The van der Waals surface area contributed by atoms with Gasteiger partial charge in [0.25, 0.3) is 0 Å². The molecule has 0 unspecified atom stereocenters. The molecule has 6 nitrogen and oxygen atoms in total. The largest absolute Gasteiger partial charge is 0.493 e. The first-order valence-electron chi connectivity index (χ1n) is 8.96. The van der Waals surface area contributed by atoms with E-state index in [0.29, 0.717) is 20.9 Å². The van der Waals surface area contributed by atoms with Gasteiger partial charge in [-0.25, -0.2) is 9.79 Å². The number of aromatic hydroxyl groups is 1. The number of thiazole rings is 1. The fourth-order valence-electron chi connectivity index (χ4n) is 3.11. The van der Waals surface area contributed by atoms with E-state index < -0.39 is 5.97 Å². The van der Waals surface area contributed by atoms with Crippen molar-refractivity contribution in [2.75, 3.05) is 7.11 Å². The van der Waals surface area contributed by atoms with Crippen LogP contribution in [0.2, 0.25) is 0 Å². The van der Waals surface area contributed by atoms with Crippen LogP contribution in [0.4, 0.5) is 11.4 Å². The third-order valence-corrected chi connectivity index (χ3v) is 5.76. The Bertz CT molecular complexity index is 1230. The van der Waals surface area contributed by atoms with Crippen LogP contribution in [-0.4, -0.2) is 28.5 Å². The second-order valence-corrected chi connectivity index (χ2v) is 7.56. The summed E-state index contributed by atoms with van der Waals surface area (Å²) in [6, 6.07) is 14.8. The Kier molecular flexibility index (Phi) is 4.90. The molecule has 0 aliphatic carbocycles. The molecule has 2 heterocycles. The van der Waals surface area contributed by atoms with E-state index in [1.165, 1.54) is 18.4 Å². The maximum Gasteiger partial charge on any atom is 0.337 e. The molecule has 0 spiro atoms. The van der Waals surface area contributed by atoms with Crippen molar-refractivity contribution in [2.45, 2.75) is 6.92 Å². The molecule has 2 aromatic carbocycles. The molecule has 146 valence electrons. The zero-order chi connectivity index (χ0) is 20.5. The topological polar surface area (TPSA) is 76.2 Å². The van der Waals surface area contributed by atoms with Gasteiger partial charge in [-0.2, -0.15) is 0 Å². The molecule has 1 aromatic heterocycles. The molecule has 0 radical (unpaired) electrons. The van der Waals surface area contributed by atoms with Crippen LogP contribution in [0.15, 0.2) is 58.5 Å². The maximum absolute atomic E-state index is 11.6. The summed E-state index contributed by atoms with van der Waals surface area (Å²) in [4.78, 5) is 22.1. The Hall–Kier alpha value is -3.45. The molecular formula is C22H19N3O3S. The lowest BCUT2D eigenvalue weighted by atomic mass is 10.0. The lowest BCUT2D eigenvalue weighted by Gasteiger charge is -2.01. The van der Waals surface area contributed by atoms with Crippen LogP contribution in [0.1, 0.15) is 27.7 Å². The highest BCUT2D eigenvalue weighted by molar-refractivity contribution is 7.10. The van der Waals surface area contributed by atoms with Crippen molar-refractivity contribution >= 4 is 46.0 Å². The third-order valence-electron chi connectivity index (χ3n) is 4.69. The molecule has 4 rings (SSSR count). The molecular weight excluding hydrogens is 386 g/mol. The van der Waals surface area contributed by atoms with Gasteiger partial charge < -0.3 is 9.84 Å². The molecule has 29 heavy (non-hydrogen) atoms. The van der Waals surface area contributed by atoms with Gasteiger partial charge >= 0.3 is 5.97 Å². The van der Waals surface area contributed by atoms with E-state index in [2.05, 4.69) is 9.98 Å². The van der Waals surface area contributed by atoms with Gasteiger partial charge in [0.15, 0.2) is 4.80 Å². The van der Waals surface area contributed by atoms with Gasteiger partial charge in [0.1, 0.15) is 0 Å². The lowest BCUT2D eigenvalue weighted by molar-refractivity contribution is 0.0601.